The lowest BCUT2D eigenvalue weighted by atomic mass is 10.2. The lowest BCUT2D eigenvalue weighted by Crippen LogP contribution is -2.13. The summed E-state index contributed by atoms with van der Waals surface area (Å²) >= 11 is 1.41. The van der Waals surface area contributed by atoms with Crippen molar-refractivity contribution in [2.75, 3.05) is 6.54 Å². The number of phenolic OH excluding ortho intramolecular Hbond substituents is 1. The lowest BCUT2D eigenvalue weighted by molar-refractivity contribution is 0.469. The predicted molar refractivity (Wildman–Crippen MR) is 71.2 cm³/mol. The minimum Gasteiger partial charge on any atom is -0.508 e. The first-order chi connectivity index (χ1) is 8.70. The number of aromatic hydroxyl groups is 1. The fraction of sp³-hybridized carbons (Fsp3) is 0.308. The lowest BCUT2D eigenvalue weighted by Gasteiger charge is -2.00. The zero-order valence-corrected chi connectivity index (χ0v) is 10.9. The number of thiazole rings is 1. The predicted octanol–water partition coefficient (Wildman–Crippen LogP) is 3.15. The maximum Gasteiger partial charge on any atom is 0.137 e. The number of nitrogens with one attached hydrogen (secondary N) is 1. The van der Waals surface area contributed by atoms with Gasteiger partial charge in [-0.3, -0.25) is 0 Å². The summed E-state index contributed by atoms with van der Waals surface area (Å²) in [4.78, 5) is 4.38. The van der Waals surface area contributed by atoms with Crippen molar-refractivity contribution in [3.8, 4) is 16.3 Å². The molecule has 2 rings (SSSR count). The van der Waals surface area contributed by atoms with Crippen LogP contribution in [0.4, 0.5) is 4.39 Å². The Hall–Kier alpha value is -1.46. The van der Waals surface area contributed by atoms with Gasteiger partial charge in [-0.25, -0.2) is 9.37 Å². The van der Waals surface area contributed by atoms with Gasteiger partial charge in [0.05, 0.1) is 5.69 Å². The van der Waals surface area contributed by atoms with Gasteiger partial charge in [0.2, 0.25) is 0 Å². The molecule has 0 radical (unpaired) electrons. The summed E-state index contributed by atoms with van der Waals surface area (Å²) in [5.74, 6) is -0.518. The molecule has 0 amide bonds. The van der Waals surface area contributed by atoms with Gasteiger partial charge in [-0.15, -0.1) is 11.3 Å². The van der Waals surface area contributed by atoms with Crippen LogP contribution >= 0.6 is 11.3 Å². The van der Waals surface area contributed by atoms with Crippen LogP contribution in [0.3, 0.4) is 0 Å². The number of hydrogen-bond acceptors (Lipinski definition) is 4. The molecule has 18 heavy (non-hydrogen) atoms. The van der Waals surface area contributed by atoms with Crippen LogP contribution < -0.4 is 5.32 Å². The average Bonchev–Trinajstić information content (AvgIpc) is 2.78. The molecule has 3 nitrogen and oxygen atoms in total. The van der Waals surface area contributed by atoms with Gasteiger partial charge in [0, 0.05) is 23.6 Å². The second-order valence-corrected chi connectivity index (χ2v) is 4.84. The third-order valence-electron chi connectivity index (χ3n) is 2.47. The molecule has 0 fully saturated rings. The minimum atomic E-state index is -0.447. The maximum absolute atomic E-state index is 13.6. The molecule has 2 aromatic rings. The van der Waals surface area contributed by atoms with E-state index in [4.69, 9.17) is 5.11 Å². The second kappa shape index (κ2) is 5.93. The first kappa shape index (κ1) is 13.0. The molecule has 1 heterocycles. The van der Waals surface area contributed by atoms with E-state index in [1.165, 1.54) is 17.4 Å². The second-order valence-electron chi connectivity index (χ2n) is 3.98. The Balaban J connectivity index is 2.13. The van der Waals surface area contributed by atoms with Crippen molar-refractivity contribution >= 4 is 11.3 Å². The minimum absolute atomic E-state index is 0.0716. The highest BCUT2D eigenvalue weighted by Crippen LogP contribution is 2.28. The molecule has 2 N–H and O–H groups in total. The summed E-state index contributed by atoms with van der Waals surface area (Å²) in [7, 11) is 0. The quantitative estimate of drug-likeness (QED) is 0.817. The number of halogens is 1. The van der Waals surface area contributed by atoms with Crippen LogP contribution in [-0.4, -0.2) is 16.6 Å². The van der Waals surface area contributed by atoms with Gasteiger partial charge in [0.25, 0.3) is 0 Å². The van der Waals surface area contributed by atoms with Crippen LogP contribution in [0.15, 0.2) is 23.6 Å². The van der Waals surface area contributed by atoms with Crippen LogP contribution in [0.25, 0.3) is 10.6 Å². The third kappa shape index (κ3) is 3.05. The van der Waals surface area contributed by atoms with Crippen molar-refractivity contribution < 1.29 is 9.50 Å². The van der Waals surface area contributed by atoms with Gasteiger partial charge in [-0.2, -0.15) is 0 Å². The van der Waals surface area contributed by atoms with E-state index in [2.05, 4.69) is 17.2 Å². The van der Waals surface area contributed by atoms with Gasteiger partial charge in [-0.05, 0) is 25.1 Å². The van der Waals surface area contributed by atoms with Crippen LogP contribution in [0.5, 0.6) is 5.75 Å². The van der Waals surface area contributed by atoms with Crippen molar-refractivity contribution in [2.24, 2.45) is 0 Å². The van der Waals surface area contributed by atoms with Crippen LogP contribution in [0, 0.1) is 5.82 Å². The monoisotopic (exact) mass is 266 g/mol. The number of phenols is 1. The van der Waals surface area contributed by atoms with E-state index in [0.29, 0.717) is 17.1 Å². The highest BCUT2D eigenvalue weighted by molar-refractivity contribution is 7.13. The summed E-state index contributed by atoms with van der Waals surface area (Å²) in [6, 6.07) is 4.12. The van der Waals surface area contributed by atoms with Gasteiger partial charge in [0.1, 0.15) is 16.6 Å². The topological polar surface area (TPSA) is 45.1 Å². The van der Waals surface area contributed by atoms with Crippen LogP contribution in [-0.2, 0) is 6.54 Å². The Morgan fingerprint density at radius 2 is 2.28 bits per heavy atom. The zero-order valence-electron chi connectivity index (χ0n) is 10.1. The molecule has 0 saturated heterocycles. The fourth-order valence-corrected chi connectivity index (χ4v) is 2.43. The van der Waals surface area contributed by atoms with E-state index in [-0.39, 0.29) is 5.75 Å². The third-order valence-corrected chi connectivity index (χ3v) is 3.39. The summed E-state index contributed by atoms with van der Waals surface area (Å²) in [6.45, 7) is 3.75. The molecule has 0 saturated carbocycles. The van der Waals surface area contributed by atoms with E-state index in [0.717, 1.165) is 24.7 Å². The first-order valence-electron chi connectivity index (χ1n) is 5.84. The van der Waals surface area contributed by atoms with Gasteiger partial charge in [0.15, 0.2) is 0 Å². The van der Waals surface area contributed by atoms with Crippen molar-refractivity contribution in [1.82, 2.24) is 10.3 Å². The van der Waals surface area contributed by atoms with Crippen molar-refractivity contribution in [2.45, 2.75) is 19.9 Å². The Morgan fingerprint density at radius 3 is 3.00 bits per heavy atom. The number of hydrogen-bond donors (Lipinski definition) is 2. The standard InChI is InChI=1S/C13H15FN2OS/c1-2-5-15-7-9-8-18-13(16-9)11-4-3-10(17)6-12(11)14/h3-4,6,8,15,17H,2,5,7H2,1H3. The molecule has 0 bridgehead atoms. The Labute approximate surface area is 109 Å². The highest BCUT2D eigenvalue weighted by Gasteiger charge is 2.10. The molecule has 1 aromatic carbocycles. The number of rotatable bonds is 5. The number of benzene rings is 1. The van der Waals surface area contributed by atoms with E-state index in [1.807, 2.05) is 5.38 Å². The van der Waals surface area contributed by atoms with Gasteiger partial charge in [-0.1, -0.05) is 6.92 Å². The molecule has 1 aromatic heterocycles. The Bertz CT molecular complexity index is 527. The van der Waals surface area contributed by atoms with E-state index in [9.17, 15) is 4.39 Å². The SMILES string of the molecule is CCCNCc1csc(-c2ccc(O)cc2F)n1. The van der Waals surface area contributed by atoms with Crippen molar-refractivity contribution in [1.29, 1.82) is 0 Å². The van der Waals surface area contributed by atoms with Crippen LogP contribution in [0.2, 0.25) is 0 Å². The molecule has 0 aliphatic heterocycles. The molecule has 0 unspecified atom stereocenters. The highest BCUT2D eigenvalue weighted by atomic mass is 32.1. The van der Waals surface area contributed by atoms with E-state index >= 15 is 0 Å². The largest absolute Gasteiger partial charge is 0.508 e. The number of nitrogens with zero attached hydrogens (tertiary/aromatic N) is 1. The van der Waals surface area contributed by atoms with Crippen LogP contribution in [0.1, 0.15) is 19.0 Å². The molecule has 0 aliphatic carbocycles. The summed E-state index contributed by atoms with van der Waals surface area (Å²) < 4.78 is 13.6. The number of aromatic nitrogens is 1. The van der Waals surface area contributed by atoms with Crippen molar-refractivity contribution in [3.05, 3.63) is 35.1 Å². The molecular weight excluding hydrogens is 251 g/mol. The van der Waals surface area contributed by atoms with E-state index < -0.39 is 5.82 Å². The molecule has 0 spiro atoms. The normalized spacial score (nSPS) is 10.8. The summed E-state index contributed by atoms with van der Waals surface area (Å²) in [6.07, 6.45) is 1.07. The Kier molecular flexibility index (Phi) is 4.28. The fourth-order valence-electron chi connectivity index (χ4n) is 1.58. The molecular formula is C13H15FN2OS. The average molecular weight is 266 g/mol. The zero-order chi connectivity index (χ0) is 13.0. The molecule has 0 atom stereocenters. The summed E-state index contributed by atoms with van der Waals surface area (Å²) in [5.41, 5.74) is 1.34. The maximum atomic E-state index is 13.6. The first-order valence-corrected chi connectivity index (χ1v) is 6.72. The van der Waals surface area contributed by atoms with Gasteiger partial charge < -0.3 is 10.4 Å². The Morgan fingerprint density at radius 1 is 1.44 bits per heavy atom. The van der Waals surface area contributed by atoms with Gasteiger partial charge >= 0.3 is 0 Å². The van der Waals surface area contributed by atoms with E-state index in [1.54, 1.807) is 6.07 Å². The molecule has 5 heteroatoms. The van der Waals surface area contributed by atoms with Crippen molar-refractivity contribution in [3.63, 3.8) is 0 Å². The molecule has 96 valence electrons. The smallest absolute Gasteiger partial charge is 0.137 e. The molecule has 0 aliphatic rings. The summed E-state index contributed by atoms with van der Waals surface area (Å²) in [5, 5.41) is 15.0.